The van der Waals surface area contributed by atoms with Crippen molar-refractivity contribution in [3.8, 4) is 0 Å². The topological polar surface area (TPSA) is 48.8 Å². The van der Waals surface area contributed by atoms with E-state index in [-0.39, 0.29) is 17.9 Å². The van der Waals surface area contributed by atoms with Crippen LogP contribution in [0.5, 0.6) is 0 Å². The van der Waals surface area contributed by atoms with Crippen LogP contribution in [0.4, 0.5) is 0 Å². The summed E-state index contributed by atoms with van der Waals surface area (Å²) in [7, 11) is 7.50. The van der Waals surface area contributed by atoms with Crippen molar-refractivity contribution < 1.29 is 9.59 Å². The summed E-state index contributed by atoms with van der Waals surface area (Å²) >= 11 is 0. The maximum absolute atomic E-state index is 12.7. The van der Waals surface area contributed by atoms with Gasteiger partial charge in [-0.1, -0.05) is 18.2 Å². The number of likely N-dealkylation sites (N-methyl/N-ethyl adjacent to an activating group) is 2. The number of carbonyl (C=O) groups excluding carboxylic acids is 2. The zero-order chi connectivity index (χ0) is 18.8. The summed E-state index contributed by atoms with van der Waals surface area (Å²) in [5, 5.41) is 1.21. The molecule has 1 atom stereocenters. The molecule has 3 rings (SSSR count). The Bertz CT molecular complexity index is 811. The summed E-state index contributed by atoms with van der Waals surface area (Å²) in [5.74, 6) is 0.182. The minimum atomic E-state index is -0.250. The minimum Gasteiger partial charge on any atom is -0.350 e. The molecule has 6 heteroatoms. The first-order chi connectivity index (χ1) is 12.4. The maximum Gasteiger partial charge on any atom is 0.241 e. The smallest absolute Gasteiger partial charge is 0.241 e. The Kier molecular flexibility index (Phi) is 5.32. The van der Waals surface area contributed by atoms with Crippen molar-refractivity contribution in [3.63, 3.8) is 0 Å². The van der Waals surface area contributed by atoms with E-state index in [0.717, 1.165) is 13.0 Å². The molecule has 1 fully saturated rings. The first-order valence-electron chi connectivity index (χ1n) is 9.10. The molecule has 26 heavy (non-hydrogen) atoms. The molecular formula is C20H28N4O2. The number of carbonyl (C=O) groups is 2. The number of aromatic nitrogens is 1. The molecule has 0 radical (unpaired) electrons. The SMILES string of the molecule is CN(C)C(=O)C1CN(C(=O)CCc2cn(C)c3ccccc23)CCN1C. The van der Waals surface area contributed by atoms with Crippen LogP contribution in [0.25, 0.3) is 10.9 Å². The molecule has 140 valence electrons. The number of aryl methyl sites for hydroxylation is 2. The quantitative estimate of drug-likeness (QED) is 0.831. The van der Waals surface area contributed by atoms with Gasteiger partial charge in [-0.2, -0.15) is 0 Å². The van der Waals surface area contributed by atoms with Crippen molar-refractivity contribution in [2.45, 2.75) is 18.9 Å². The van der Waals surface area contributed by atoms with Crippen LogP contribution in [-0.4, -0.2) is 77.9 Å². The fourth-order valence-corrected chi connectivity index (χ4v) is 3.69. The second-order valence-electron chi connectivity index (χ2n) is 7.35. The van der Waals surface area contributed by atoms with Gasteiger partial charge >= 0.3 is 0 Å². The van der Waals surface area contributed by atoms with Gasteiger partial charge in [0, 0.05) is 64.3 Å². The third-order valence-electron chi connectivity index (χ3n) is 5.31. The van der Waals surface area contributed by atoms with Crippen molar-refractivity contribution in [3.05, 3.63) is 36.0 Å². The van der Waals surface area contributed by atoms with E-state index in [1.807, 2.05) is 36.0 Å². The van der Waals surface area contributed by atoms with Gasteiger partial charge in [0.25, 0.3) is 0 Å². The Hall–Kier alpha value is -2.34. The highest BCUT2D eigenvalue weighted by molar-refractivity contribution is 5.86. The lowest BCUT2D eigenvalue weighted by Gasteiger charge is -2.39. The number of piperazine rings is 1. The van der Waals surface area contributed by atoms with Gasteiger partial charge < -0.3 is 14.4 Å². The minimum absolute atomic E-state index is 0.0547. The number of rotatable bonds is 4. The van der Waals surface area contributed by atoms with Gasteiger partial charge in [-0.25, -0.2) is 0 Å². The first-order valence-corrected chi connectivity index (χ1v) is 9.10. The molecule has 6 nitrogen and oxygen atoms in total. The number of para-hydroxylation sites is 1. The van der Waals surface area contributed by atoms with Crippen molar-refractivity contribution in [1.82, 2.24) is 19.3 Å². The largest absolute Gasteiger partial charge is 0.350 e. The number of amides is 2. The van der Waals surface area contributed by atoms with Crippen LogP contribution in [0, 0.1) is 0 Å². The van der Waals surface area contributed by atoms with E-state index in [9.17, 15) is 9.59 Å². The van der Waals surface area contributed by atoms with Gasteiger partial charge in [0.15, 0.2) is 0 Å². The van der Waals surface area contributed by atoms with Crippen LogP contribution in [-0.2, 0) is 23.1 Å². The van der Waals surface area contributed by atoms with Gasteiger partial charge in [0.1, 0.15) is 6.04 Å². The number of benzene rings is 1. The zero-order valence-corrected chi connectivity index (χ0v) is 16.1. The van der Waals surface area contributed by atoms with Gasteiger partial charge in [-0.15, -0.1) is 0 Å². The van der Waals surface area contributed by atoms with Gasteiger partial charge in [0.05, 0.1) is 0 Å². The summed E-state index contributed by atoms with van der Waals surface area (Å²) in [6.07, 6.45) is 3.31. The average Bonchev–Trinajstić information content (AvgIpc) is 2.96. The van der Waals surface area contributed by atoms with E-state index < -0.39 is 0 Å². The third kappa shape index (κ3) is 3.60. The van der Waals surface area contributed by atoms with E-state index in [0.29, 0.717) is 19.5 Å². The predicted octanol–water partition coefficient (Wildman–Crippen LogP) is 1.34. The lowest BCUT2D eigenvalue weighted by molar-refractivity contribution is -0.141. The standard InChI is InChI=1S/C20H28N4O2/c1-21(2)20(26)18-14-24(12-11-22(18)3)19(25)10-9-15-13-23(4)17-8-6-5-7-16(15)17/h5-8,13,18H,9-12,14H2,1-4H3. The first kappa shape index (κ1) is 18.5. The Morgan fingerprint density at radius 2 is 1.88 bits per heavy atom. The van der Waals surface area contributed by atoms with E-state index in [4.69, 9.17) is 0 Å². The molecule has 0 bridgehead atoms. The van der Waals surface area contributed by atoms with Crippen LogP contribution in [0.15, 0.2) is 30.5 Å². The van der Waals surface area contributed by atoms with Crippen LogP contribution >= 0.6 is 0 Å². The van der Waals surface area contributed by atoms with E-state index >= 15 is 0 Å². The van der Waals surface area contributed by atoms with Crippen LogP contribution in [0.2, 0.25) is 0 Å². The number of hydrogen-bond donors (Lipinski definition) is 0. The Morgan fingerprint density at radius 1 is 1.15 bits per heavy atom. The van der Waals surface area contributed by atoms with Gasteiger partial charge in [0.2, 0.25) is 11.8 Å². The Labute approximate surface area is 155 Å². The molecule has 2 aromatic rings. The fourth-order valence-electron chi connectivity index (χ4n) is 3.69. The van der Waals surface area contributed by atoms with Crippen LogP contribution in [0.1, 0.15) is 12.0 Å². The molecule has 1 aliphatic heterocycles. The zero-order valence-electron chi connectivity index (χ0n) is 16.1. The second kappa shape index (κ2) is 7.50. The van der Waals surface area contributed by atoms with E-state index in [1.54, 1.807) is 19.0 Å². The monoisotopic (exact) mass is 356 g/mol. The number of fused-ring (bicyclic) bond motifs is 1. The van der Waals surface area contributed by atoms with Crippen molar-refractivity contribution >= 4 is 22.7 Å². The summed E-state index contributed by atoms with van der Waals surface area (Å²) < 4.78 is 2.11. The molecule has 0 N–H and O–H groups in total. The molecule has 0 aliphatic carbocycles. The summed E-state index contributed by atoms with van der Waals surface area (Å²) in [4.78, 5) is 30.6. The lowest BCUT2D eigenvalue weighted by Crippen LogP contribution is -2.58. The van der Waals surface area contributed by atoms with Crippen molar-refractivity contribution in [1.29, 1.82) is 0 Å². The highest BCUT2D eigenvalue weighted by Crippen LogP contribution is 2.22. The van der Waals surface area contributed by atoms with Crippen LogP contribution in [0.3, 0.4) is 0 Å². The van der Waals surface area contributed by atoms with Gasteiger partial charge in [-0.05, 0) is 25.1 Å². The molecule has 0 saturated carbocycles. The molecule has 2 amide bonds. The molecule has 1 unspecified atom stereocenters. The Balaban J connectivity index is 1.65. The second-order valence-corrected chi connectivity index (χ2v) is 7.35. The molecule has 1 saturated heterocycles. The molecular weight excluding hydrogens is 328 g/mol. The van der Waals surface area contributed by atoms with Crippen molar-refractivity contribution in [2.75, 3.05) is 40.8 Å². The molecule has 2 heterocycles. The van der Waals surface area contributed by atoms with E-state index in [2.05, 4.69) is 22.9 Å². The number of hydrogen-bond acceptors (Lipinski definition) is 3. The van der Waals surface area contributed by atoms with Gasteiger partial charge in [-0.3, -0.25) is 14.5 Å². The highest BCUT2D eigenvalue weighted by atomic mass is 16.2. The van der Waals surface area contributed by atoms with E-state index in [1.165, 1.54) is 16.5 Å². The average molecular weight is 356 g/mol. The lowest BCUT2D eigenvalue weighted by atomic mass is 10.1. The Morgan fingerprint density at radius 3 is 2.62 bits per heavy atom. The van der Waals surface area contributed by atoms with Crippen molar-refractivity contribution in [2.24, 2.45) is 7.05 Å². The maximum atomic E-state index is 12.7. The molecule has 1 aromatic carbocycles. The highest BCUT2D eigenvalue weighted by Gasteiger charge is 2.32. The summed E-state index contributed by atoms with van der Waals surface area (Å²) in [6.45, 7) is 1.88. The molecule has 1 aliphatic rings. The van der Waals surface area contributed by atoms with Crippen LogP contribution < -0.4 is 0 Å². The molecule has 1 aromatic heterocycles. The molecule has 0 spiro atoms. The normalized spacial score (nSPS) is 18.3. The number of nitrogens with zero attached hydrogens (tertiary/aromatic N) is 4. The third-order valence-corrected chi connectivity index (χ3v) is 5.31. The predicted molar refractivity (Wildman–Crippen MR) is 103 cm³/mol. The summed E-state index contributed by atoms with van der Waals surface area (Å²) in [5.41, 5.74) is 2.39. The summed E-state index contributed by atoms with van der Waals surface area (Å²) in [6, 6.07) is 8.02. The fraction of sp³-hybridized carbons (Fsp3) is 0.500.